The van der Waals surface area contributed by atoms with Crippen molar-refractivity contribution in [1.82, 2.24) is 4.90 Å². The van der Waals surface area contributed by atoms with Gasteiger partial charge in [-0.05, 0) is 23.8 Å². The van der Waals surface area contributed by atoms with E-state index in [0.717, 1.165) is 29.3 Å². The van der Waals surface area contributed by atoms with Gasteiger partial charge >= 0.3 is 0 Å². The van der Waals surface area contributed by atoms with Crippen LogP contribution in [0.4, 0.5) is 8.78 Å². The fourth-order valence-corrected chi connectivity index (χ4v) is 1.61. The van der Waals surface area contributed by atoms with Gasteiger partial charge in [-0.1, -0.05) is 5.16 Å². The van der Waals surface area contributed by atoms with E-state index < -0.39 is 23.3 Å². The number of amidine groups is 1. The number of rotatable bonds is 2. The van der Waals surface area contributed by atoms with Gasteiger partial charge in [0.05, 0.1) is 0 Å². The maximum Gasteiger partial charge on any atom is 0.277 e. The summed E-state index contributed by atoms with van der Waals surface area (Å²) in [6.45, 7) is 0. The number of oxime groups is 1. The van der Waals surface area contributed by atoms with Gasteiger partial charge in [0.1, 0.15) is 11.9 Å². The Labute approximate surface area is 112 Å². The topological polar surface area (TPSA) is 85.5 Å². The smallest absolute Gasteiger partial charge is 0.277 e. The fourth-order valence-electron chi connectivity index (χ4n) is 1.61. The molecule has 2 rings (SSSR count). The molecule has 6 nitrogen and oxygen atoms in total. The highest BCUT2D eigenvalue weighted by molar-refractivity contribution is 6.37. The van der Waals surface area contributed by atoms with E-state index in [9.17, 15) is 13.6 Å². The molecule has 0 aromatic heterocycles. The van der Waals surface area contributed by atoms with Crippen LogP contribution < -0.4 is 0 Å². The molecule has 0 fully saturated rings. The number of nitrogens with zero attached hydrogens (tertiary/aromatic N) is 3. The third kappa shape index (κ3) is 2.35. The molecule has 1 aliphatic heterocycles. The first-order valence-corrected chi connectivity index (χ1v) is 5.38. The molecule has 0 unspecified atom stereocenters. The van der Waals surface area contributed by atoms with Crippen molar-refractivity contribution in [2.24, 2.45) is 10.1 Å². The largest absolute Gasteiger partial charge is 0.503 e. The van der Waals surface area contributed by atoms with Crippen LogP contribution >= 0.6 is 0 Å². The predicted molar refractivity (Wildman–Crippen MR) is 66.5 cm³/mol. The molecule has 0 aliphatic carbocycles. The predicted octanol–water partition coefficient (Wildman–Crippen LogP) is 1.34. The second kappa shape index (κ2) is 5.08. The second-order valence-corrected chi connectivity index (χ2v) is 3.94. The minimum atomic E-state index is -1.14. The van der Waals surface area contributed by atoms with E-state index in [-0.39, 0.29) is 17.1 Å². The van der Waals surface area contributed by atoms with Crippen molar-refractivity contribution < 1.29 is 23.9 Å². The Morgan fingerprint density at radius 2 is 1.95 bits per heavy atom. The van der Waals surface area contributed by atoms with Crippen LogP contribution in [0.25, 0.3) is 6.08 Å². The number of aliphatic imine (C=N–C) groups is 1. The van der Waals surface area contributed by atoms with Crippen LogP contribution in [-0.2, 0) is 4.79 Å². The zero-order chi connectivity index (χ0) is 14.9. The van der Waals surface area contributed by atoms with Crippen molar-refractivity contribution in [1.29, 1.82) is 0 Å². The molecule has 2 N–H and O–H groups in total. The second-order valence-electron chi connectivity index (χ2n) is 3.94. The molecule has 1 aromatic carbocycles. The standard InChI is InChI=1S/C12H9F2N3O3/c1-17-10(5-15-20)16-9(12(17)19)4-6-2-7(13)11(18)8(14)3-6/h2-5,18,20H,1H3/b9-4-,15-5?. The van der Waals surface area contributed by atoms with Crippen molar-refractivity contribution in [3.05, 3.63) is 35.0 Å². The van der Waals surface area contributed by atoms with Gasteiger partial charge in [-0.3, -0.25) is 9.69 Å². The third-order valence-electron chi connectivity index (χ3n) is 2.62. The first kappa shape index (κ1) is 13.7. The summed E-state index contributed by atoms with van der Waals surface area (Å²) in [4.78, 5) is 16.8. The molecule has 1 heterocycles. The van der Waals surface area contributed by atoms with Gasteiger partial charge in [-0.25, -0.2) is 13.8 Å². The van der Waals surface area contributed by atoms with E-state index in [2.05, 4.69) is 10.1 Å². The van der Waals surface area contributed by atoms with Crippen molar-refractivity contribution in [2.45, 2.75) is 0 Å². The SMILES string of the molecule is CN1C(=O)/C(=C/c2cc(F)c(O)c(F)c2)N=C1C=NO. The lowest BCUT2D eigenvalue weighted by Crippen LogP contribution is -2.28. The molecule has 104 valence electrons. The number of likely N-dealkylation sites (N-methyl/N-ethyl adjacent to an activating group) is 1. The van der Waals surface area contributed by atoms with Crippen molar-refractivity contribution >= 4 is 24.0 Å². The molecule has 0 atom stereocenters. The van der Waals surface area contributed by atoms with Crippen LogP contribution in [0, 0.1) is 11.6 Å². The lowest BCUT2D eigenvalue weighted by atomic mass is 10.1. The summed E-state index contributed by atoms with van der Waals surface area (Å²) in [6, 6.07) is 1.73. The van der Waals surface area contributed by atoms with Crippen molar-refractivity contribution in [3.8, 4) is 5.75 Å². The van der Waals surface area contributed by atoms with Gasteiger partial charge in [-0.15, -0.1) is 0 Å². The summed E-state index contributed by atoms with van der Waals surface area (Å²) in [6.07, 6.45) is 2.11. The number of benzene rings is 1. The highest BCUT2D eigenvalue weighted by atomic mass is 19.1. The highest BCUT2D eigenvalue weighted by Crippen LogP contribution is 2.24. The quantitative estimate of drug-likeness (QED) is 0.371. The number of aromatic hydroxyl groups is 1. The Kier molecular flexibility index (Phi) is 3.47. The number of hydrogen-bond acceptors (Lipinski definition) is 5. The number of carbonyl (C=O) groups excluding carboxylic acids is 1. The lowest BCUT2D eigenvalue weighted by molar-refractivity contribution is -0.121. The van der Waals surface area contributed by atoms with Gasteiger partial charge in [0.25, 0.3) is 5.91 Å². The Balaban J connectivity index is 2.44. The van der Waals surface area contributed by atoms with E-state index >= 15 is 0 Å². The molecular formula is C12H9F2N3O3. The summed E-state index contributed by atoms with van der Waals surface area (Å²) in [7, 11) is 1.40. The summed E-state index contributed by atoms with van der Waals surface area (Å²) in [5.41, 5.74) is -0.0487. The number of phenolic OH excluding ortho intramolecular Hbond substituents is 1. The van der Waals surface area contributed by atoms with Crippen molar-refractivity contribution in [2.75, 3.05) is 7.05 Å². The normalized spacial score (nSPS) is 17.4. The molecule has 20 heavy (non-hydrogen) atoms. The summed E-state index contributed by atoms with van der Waals surface area (Å²) in [5.74, 6) is -3.80. The summed E-state index contributed by atoms with van der Waals surface area (Å²) < 4.78 is 26.4. The Morgan fingerprint density at radius 3 is 2.50 bits per heavy atom. The van der Waals surface area contributed by atoms with Gasteiger partial charge in [0.2, 0.25) is 0 Å². The van der Waals surface area contributed by atoms with Crippen LogP contribution in [0.1, 0.15) is 5.56 Å². The third-order valence-corrected chi connectivity index (χ3v) is 2.62. The molecule has 1 aromatic rings. The van der Waals surface area contributed by atoms with Crippen LogP contribution in [0.3, 0.4) is 0 Å². The molecule has 0 saturated heterocycles. The maximum atomic E-state index is 13.2. The Bertz CT molecular complexity index is 645. The van der Waals surface area contributed by atoms with Crippen LogP contribution in [0.2, 0.25) is 0 Å². The monoisotopic (exact) mass is 281 g/mol. The van der Waals surface area contributed by atoms with Gasteiger partial charge in [0.15, 0.2) is 23.2 Å². The van der Waals surface area contributed by atoms with Gasteiger partial charge in [-0.2, -0.15) is 0 Å². The molecule has 8 heteroatoms. The zero-order valence-electron chi connectivity index (χ0n) is 10.2. The van der Waals surface area contributed by atoms with E-state index in [1.54, 1.807) is 0 Å². The molecule has 1 aliphatic rings. The van der Waals surface area contributed by atoms with Gasteiger partial charge < -0.3 is 10.3 Å². The van der Waals surface area contributed by atoms with Crippen LogP contribution in [0.15, 0.2) is 28.0 Å². The Morgan fingerprint density at radius 1 is 1.35 bits per heavy atom. The number of amides is 1. The van der Waals surface area contributed by atoms with E-state index in [1.165, 1.54) is 7.05 Å². The molecule has 0 saturated carbocycles. The number of carbonyl (C=O) groups is 1. The number of phenols is 1. The van der Waals surface area contributed by atoms with Crippen molar-refractivity contribution in [3.63, 3.8) is 0 Å². The minimum Gasteiger partial charge on any atom is -0.503 e. The first-order valence-electron chi connectivity index (χ1n) is 5.38. The Hall–Kier alpha value is -2.77. The number of hydrogen-bond donors (Lipinski definition) is 2. The van der Waals surface area contributed by atoms with Gasteiger partial charge in [0, 0.05) is 7.05 Å². The van der Waals surface area contributed by atoms with Crippen LogP contribution in [-0.4, -0.2) is 40.2 Å². The first-order chi connectivity index (χ1) is 9.43. The molecule has 0 bridgehead atoms. The molecule has 0 radical (unpaired) electrons. The van der Waals surface area contributed by atoms with E-state index in [4.69, 9.17) is 10.3 Å². The summed E-state index contributed by atoms with van der Waals surface area (Å²) in [5, 5.41) is 20.1. The van der Waals surface area contributed by atoms with E-state index in [1.807, 2.05) is 0 Å². The molecular weight excluding hydrogens is 272 g/mol. The average Bonchev–Trinajstić information content (AvgIpc) is 2.65. The minimum absolute atomic E-state index is 0.0282. The maximum absolute atomic E-state index is 13.2. The highest BCUT2D eigenvalue weighted by Gasteiger charge is 2.26. The molecule has 0 spiro atoms. The van der Waals surface area contributed by atoms with E-state index in [0.29, 0.717) is 0 Å². The lowest BCUT2D eigenvalue weighted by Gasteiger charge is -2.06. The van der Waals surface area contributed by atoms with Crippen LogP contribution in [0.5, 0.6) is 5.75 Å². The number of halogens is 2. The zero-order valence-corrected chi connectivity index (χ0v) is 10.2. The average molecular weight is 281 g/mol. The summed E-state index contributed by atoms with van der Waals surface area (Å²) >= 11 is 0. The molecule has 1 amide bonds. The fraction of sp³-hybridized carbons (Fsp3) is 0.0833.